The summed E-state index contributed by atoms with van der Waals surface area (Å²) in [5, 5.41) is 6.82. The summed E-state index contributed by atoms with van der Waals surface area (Å²) in [6.45, 7) is 4.41. The van der Waals surface area contributed by atoms with Crippen LogP contribution in [-0.4, -0.2) is 46.0 Å². The van der Waals surface area contributed by atoms with Gasteiger partial charge in [0.1, 0.15) is 4.90 Å². The molecule has 2 aromatic rings. The molecule has 1 saturated heterocycles. The summed E-state index contributed by atoms with van der Waals surface area (Å²) >= 11 is 0. The van der Waals surface area contributed by atoms with Crippen molar-refractivity contribution < 1.29 is 8.42 Å². The Morgan fingerprint density at radius 1 is 1.32 bits per heavy atom. The largest absolute Gasteiger partial charge is 0.368 e. The number of aromatic nitrogens is 4. The lowest BCUT2D eigenvalue weighted by Crippen LogP contribution is -2.48. The van der Waals surface area contributed by atoms with E-state index in [-0.39, 0.29) is 11.4 Å². The first-order valence-electron chi connectivity index (χ1n) is 8.47. The van der Waals surface area contributed by atoms with Gasteiger partial charge in [0.05, 0.1) is 17.1 Å². The smallest absolute Gasteiger partial charge is 0.246 e. The van der Waals surface area contributed by atoms with E-state index < -0.39 is 10.0 Å². The van der Waals surface area contributed by atoms with Crippen molar-refractivity contribution in [3.63, 3.8) is 0 Å². The van der Waals surface area contributed by atoms with Gasteiger partial charge in [-0.3, -0.25) is 5.10 Å². The van der Waals surface area contributed by atoms with Gasteiger partial charge in [0, 0.05) is 24.7 Å². The highest BCUT2D eigenvalue weighted by atomic mass is 32.2. The summed E-state index contributed by atoms with van der Waals surface area (Å²) in [6.07, 6.45) is 5.26. The molecule has 1 unspecified atom stereocenters. The summed E-state index contributed by atoms with van der Waals surface area (Å²) in [6, 6.07) is 0. The molecule has 3 heterocycles. The van der Waals surface area contributed by atoms with Crippen molar-refractivity contribution in [2.24, 2.45) is 0 Å². The predicted octanol–water partition coefficient (Wildman–Crippen LogP) is 1.07. The van der Waals surface area contributed by atoms with Gasteiger partial charge in [0.15, 0.2) is 0 Å². The van der Waals surface area contributed by atoms with Gasteiger partial charge in [-0.15, -0.1) is 0 Å². The van der Waals surface area contributed by atoms with Gasteiger partial charge >= 0.3 is 0 Å². The minimum absolute atomic E-state index is 0.251. The van der Waals surface area contributed by atoms with Gasteiger partial charge < -0.3 is 5.73 Å². The van der Waals surface area contributed by atoms with Crippen LogP contribution in [0.2, 0.25) is 0 Å². The zero-order valence-corrected chi connectivity index (χ0v) is 15.2. The maximum absolute atomic E-state index is 13.2. The topological polar surface area (TPSA) is 118 Å². The number of rotatable bonds is 2. The van der Waals surface area contributed by atoms with Crippen LogP contribution in [0.5, 0.6) is 0 Å². The van der Waals surface area contributed by atoms with E-state index in [2.05, 4.69) is 20.2 Å². The van der Waals surface area contributed by atoms with Crippen molar-refractivity contribution in [3.8, 4) is 0 Å². The molecule has 2 aromatic heterocycles. The molecule has 134 valence electrons. The van der Waals surface area contributed by atoms with Crippen LogP contribution < -0.4 is 5.73 Å². The van der Waals surface area contributed by atoms with Crippen LogP contribution in [0.15, 0.2) is 11.1 Å². The fourth-order valence-electron chi connectivity index (χ4n) is 4.30. The summed E-state index contributed by atoms with van der Waals surface area (Å²) in [4.78, 5) is 8.85. The molecule has 1 fully saturated rings. The molecule has 0 aromatic carbocycles. The molecular formula is C16H22N6O2S. The molecule has 1 spiro atoms. The SMILES string of the molecule is Cc1n[nH]c(C)c1S(=O)(=O)N1CCCC2(CCc3cnc(N)nc32)C1. The predicted molar refractivity (Wildman–Crippen MR) is 92.5 cm³/mol. The first-order valence-corrected chi connectivity index (χ1v) is 9.91. The Morgan fingerprint density at radius 2 is 2.12 bits per heavy atom. The summed E-state index contributed by atoms with van der Waals surface area (Å²) in [7, 11) is -3.59. The average molecular weight is 362 g/mol. The fraction of sp³-hybridized carbons (Fsp3) is 0.562. The van der Waals surface area contributed by atoms with Crippen molar-refractivity contribution in [3.05, 3.63) is 28.8 Å². The van der Waals surface area contributed by atoms with Gasteiger partial charge in [0.25, 0.3) is 0 Å². The van der Waals surface area contributed by atoms with Crippen molar-refractivity contribution in [1.29, 1.82) is 0 Å². The molecule has 9 heteroatoms. The standard InChI is InChI=1S/C16H22N6O2S/c1-10-13(11(2)21-20-10)25(23,24)22-7-3-5-16(9-22)6-4-12-8-18-15(17)19-14(12)16/h8H,3-7,9H2,1-2H3,(H,20,21)(H2,17,18,19). The number of piperidine rings is 1. The Hall–Kier alpha value is -2.00. The number of aromatic amines is 1. The van der Waals surface area contributed by atoms with Crippen molar-refractivity contribution in [1.82, 2.24) is 24.5 Å². The Labute approximate surface area is 146 Å². The van der Waals surface area contributed by atoms with E-state index in [1.165, 1.54) is 0 Å². The van der Waals surface area contributed by atoms with E-state index in [9.17, 15) is 8.42 Å². The molecule has 25 heavy (non-hydrogen) atoms. The van der Waals surface area contributed by atoms with Crippen LogP contribution >= 0.6 is 0 Å². The van der Waals surface area contributed by atoms with E-state index >= 15 is 0 Å². The first kappa shape index (κ1) is 16.5. The molecule has 1 aliphatic carbocycles. The second-order valence-corrected chi connectivity index (χ2v) is 8.96. The third-order valence-corrected chi connectivity index (χ3v) is 7.57. The minimum Gasteiger partial charge on any atom is -0.368 e. The maximum Gasteiger partial charge on any atom is 0.246 e. The molecule has 1 atom stereocenters. The summed E-state index contributed by atoms with van der Waals surface area (Å²) in [5.74, 6) is 0.251. The van der Waals surface area contributed by atoms with Gasteiger partial charge in [-0.25, -0.2) is 18.4 Å². The van der Waals surface area contributed by atoms with Crippen LogP contribution in [0.25, 0.3) is 0 Å². The highest BCUT2D eigenvalue weighted by molar-refractivity contribution is 7.89. The molecule has 8 nitrogen and oxygen atoms in total. The second-order valence-electron chi connectivity index (χ2n) is 7.09. The van der Waals surface area contributed by atoms with E-state index in [1.54, 1.807) is 24.3 Å². The lowest BCUT2D eigenvalue weighted by Gasteiger charge is -2.39. The highest BCUT2D eigenvalue weighted by Crippen LogP contribution is 2.45. The molecule has 0 bridgehead atoms. The number of hydrogen-bond donors (Lipinski definition) is 2. The molecule has 0 radical (unpaired) electrons. The number of hydrogen-bond acceptors (Lipinski definition) is 6. The number of anilines is 1. The maximum atomic E-state index is 13.2. The lowest BCUT2D eigenvalue weighted by molar-refractivity contribution is 0.219. The molecule has 2 aliphatic rings. The van der Waals surface area contributed by atoms with Crippen LogP contribution in [0, 0.1) is 13.8 Å². The molecule has 1 aliphatic heterocycles. The third-order valence-electron chi connectivity index (χ3n) is 5.46. The second kappa shape index (κ2) is 5.50. The van der Waals surface area contributed by atoms with E-state index in [1.807, 2.05) is 0 Å². The van der Waals surface area contributed by atoms with Crippen LogP contribution in [-0.2, 0) is 21.9 Å². The Kier molecular flexibility index (Phi) is 3.62. The number of nitrogen functional groups attached to an aromatic ring is 1. The number of fused-ring (bicyclic) bond motifs is 2. The Bertz CT molecular complexity index is 915. The minimum atomic E-state index is -3.59. The van der Waals surface area contributed by atoms with Crippen molar-refractivity contribution in [2.75, 3.05) is 18.8 Å². The molecular weight excluding hydrogens is 340 g/mol. The highest BCUT2D eigenvalue weighted by Gasteiger charge is 2.47. The number of sulfonamides is 1. The number of aryl methyl sites for hydroxylation is 3. The normalized spacial score (nSPS) is 23.9. The van der Waals surface area contributed by atoms with Crippen molar-refractivity contribution in [2.45, 2.75) is 49.8 Å². The van der Waals surface area contributed by atoms with Crippen LogP contribution in [0.3, 0.4) is 0 Å². The first-order chi connectivity index (χ1) is 11.8. The zero-order chi connectivity index (χ0) is 17.8. The van der Waals surface area contributed by atoms with Gasteiger partial charge in [-0.2, -0.15) is 9.40 Å². The number of H-pyrrole nitrogens is 1. The number of nitrogens with one attached hydrogen (secondary N) is 1. The molecule has 0 amide bonds. The van der Waals surface area contributed by atoms with Gasteiger partial charge in [-0.1, -0.05) is 0 Å². The van der Waals surface area contributed by atoms with E-state index in [0.717, 1.165) is 36.9 Å². The van der Waals surface area contributed by atoms with E-state index in [0.29, 0.717) is 29.4 Å². The third kappa shape index (κ3) is 2.44. The van der Waals surface area contributed by atoms with Crippen molar-refractivity contribution >= 4 is 16.0 Å². The average Bonchev–Trinajstić information content (AvgIpc) is 3.09. The van der Waals surface area contributed by atoms with Gasteiger partial charge in [0.2, 0.25) is 16.0 Å². The van der Waals surface area contributed by atoms with Crippen LogP contribution in [0.4, 0.5) is 5.95 Å². The quantitative estimate of drug-likeness (QED) is 0.825. The number of nitrogens with zero attached hydrogens (tertiary/aromatic N) is 4. The number of nitrogens with two attached hydrogens (primary N) is 1. The monoisotopic (exact) mass is 362 g/mol. The summed E-state index contributed by atoms with van der Waals surface area (Å²) in [5.41, 5.74) is 8.64. The Balaban J connectivity index is 1.73. The van der Waals surface area contributed by atoms with Crippen LogP contribution in [0.1, 0.15) is 41.9 Å². The zero-order valence-electron chi connectivity index (χ0n) is 14.4. The summed E-state index contributed by atoms with van der Waals surface area (Å²) < 4.78 is 28.0. The molecule has 4 rings (SSSR count). The van der Waals surface area contributed by atoms with E-state index in [4.69, 9.17) is 5.73 Å². The lowest BCUT2D eigenvalue weighted by atomic mass is 9.78. The molecule has 3 N–H and O–H groups in total. The molecule has 0 saturated carbocycles. The Morgan fingerprint density at radius 3 is 2.84 bits per heavy atom. The fourth-order valence-corrected chi connectivity index (χ4v) is 6.19. The van der Waals surface area contributed by atoms with Gasteiger partial charge in [-0.05, 0) is 45.1 Å².